The number of amides is 2. The average Bonchev–Trinajstić information content (AvgIpc) is 2.80. The van der Waals surface area contributed by atoms with E-state index in [0.29, 0.717) is 10.6 Å². The minimum atomic E-state index is -3.75. The summed E-state index contributed by atoms with van der Waals surface area (Å²) < 4.78 is 24.7. The zero-order valence-electron chi connectivity index (χ0n) is 14.5. The number of sulfone groups is 1. The second-order valence-electron chi connectivity index (χ2n) is 5.69. The molecule has 1 aromatic heterocycles. The van der Waals surface area contributed by atoms with Crippen molar-refractivity contribution in [1.29, 1.82) is 0 Å². The van der Waals surface area contributed by atoms with E-state index < -0.39 is 21.5 Å². The molecule has 134 valence electrons. The van der Waals surface area contributed by atoms with Gasteiger partial charge in [0.2, 0.25) is 5.91 Å². The van der Waals surface area contributed by atoms with E-state index in [-0.39, 0.29) is 10.8 Å². The van der Waals surface area contributed by atoms with Gasteiger partial charge in [0.05, 0.1) is 10.5 Å². The van der Waals surface area contributed by atoms with Crippen molar-refractivity contribution in [3.05, 3.63) is 45.8 Å². The molecule has 0 aliphatic heterocycles. The highest BCUT2D eigenvalue weighted by Crippen LogP contribution is 2.32. The van der Waals surface area contributed by atoms with Gasteiger partial charge in [0.15, 0.2) is 9.84 Å². The van der Waals surface area contributed by atoms with Crippen LogP contribution in [0.3, 0.4) is 0 Å². The molecule has 25 heavy (non-hydrogen) atoms. The van der Waals surface area contributed by atoms with Crippen molar-refractivity contribution in [3.8, 4) is 0 Å². The number of thiophene rings is 1. The van der Waals surface area contributed by atoms with Crippen LogP contribution in [0.5, 0.6) is 0 Å². The molecule has 0 aliphatic carbocycles. The van der Waals surface area contributed by atoms with Crippen LogP contribution in [0.1, 0.15) is 26.4 Å². The van der Waals surface area contributed by atoms with E-state index in [1.165, 1.54) is 30.5 Å². The first-order chi connectivity index (χ1) is 11.7. The van der Waals surface area contributed by atoms with Crippen LogP contribution in [0.2, 0.25) is 0 Å². The summed E-state index contributed by atoms with van der Waals surface area (Å²) in [6.45, 7) is 5.48. The van der Waals surface area contributed by atoms with E-state index >= 15 is 0 Å². The normalized spacial score (nSPS) is 11.2. The van der Waals surface area contributed by atoms with Crippen LogP contribution >= 0.6 is 11.3 Å². The van der Waals surface area contributed by atoms with Crippen molar-refractivity contribution < 1.29 is 18.0 Å². The first-order valence-electron chi connectivity index (χ1n) is 7.57. The molecule has 8 heteroatoms. The van der Waals surface area contributed by atoms with Gasteiger partial charge in [0.1, 0.15) is 10.8 Å². The van der Waals surface area contributed by atoms with Crippen molar-refractivity contribution in [3.63, 3.8) is 0 Å². The summed E-state index contributed by atoms with van der Waals surface area (Å²) in [5.74, 6) is -1.68. The van der Waals surface area contributed by atoms with Gasteiger partial charge in [-0.25, -0.2) is 8.42 Å². The molecular formula is C17H20N2O4S2. The summed E-state index contributed by atoms with van der Waals surface area (Å²) in [4.78, 5) is 25.2. The van der Waals surface area contributed by atoms with Gasteiger partial charge in [-0.1, -0.05) is 17.7 Å². The third kappa shape index (κ3) is 4.26. The Morgan fingerprint density at radius 2 is 1.68 bits per heavy atom. The molecule has 0 unspecified atom stereocenters. The smallest absolute Gasteiger partial charge is 0.254 e. The number of hydrogen-bond acceptors (Lipinski definition) is 5. The molecule has 0 spiro atoms. The Hall–Kier alpha value is -2.19. The Bertz CT molecular complexity index is 913. The molecule has 0 saturated carbocycles. The molecular weight excluding hydrogens is 360 g/mol. The van der Waals surface area contributed by atoms with E-state index in [9.17, 15) is 18.0 Å². The van der Waals surface area contributed by atoms with Gasteiger partial charge in [-0.2, -0.15) is 0 Å². The van der Waals surface area contributed by atoms with E-state index in [1.807, 2.05) is 13.8 Å². The number of aryl methyl sites for hydroxylation is 2. The number of carbonyl (C=O) groups excluding carboxylic acids is 2. The number of anilines is 1. The Morgan fingerprint density at radius 3 is 2.24 bits per heavy atom. The van der Waals surface area contributed by atoms with Crippen LogP contribution in [-0.2, 0) is 14.6 Å². The topological polar surface area (TPSA) is 92.3 Å². The fourth-order valence-electron chi connectivity index (χ4n) is 2.28. The summed E-state index contributed by atoms with van der Waals surface area (Å²) in [5.41, 5.74) is 2.07. The molecule has 2 amide bonds. The molecule has 2 rings (SSSR count). The van der Waals surface area contributed by atoms with E-state index in [0.717, 1.165) is 16.0 Å². The lowest BCUT2D eigenvalue weighted by molar-refractivity contribution is -0.113. The van der Waals surface area contributed by atoms with Gasteiger partial charge in [0.25, 0.3) is 5.91 Å². The minimum absolute atomic E-state index is 0.0957. The molecule has 1 heterocycles. The highest BCUT2D eigenvalue weighted by Gasteiger charge is 2.23. The molecule has 0 aliphatic rings. The Kier molecular flexibility index (Phi) is 5.64. The maximum absolute atomic E-state index is 12.4. The van der Waals surface area contributed by atoms with E-state index in [2.05, 4.69) is 10.6 Å². The maximum atomic E-state index is 12.4. The lowest BCUT2D eigenvalue weighted by Gasteiger charge is -2.08. The molecule has 2 aromatic rings. The van der Waals surface area contributed by atoms with E-state index in [4.69, 9.17) is 0 Å². The first kappa shape index (κ1) is 19.1. The monoisotopic (exact) mass is 380 g/mol. The molecule has 0 radical (unpaired) electrons. The van der Waals surface area contributed by atoms with Crippen LogP contribution in [-0.4, -0.2) is 33.0 Å². The largest absolute Gasteiger partial charge is 0.355 e. The summed E-state index contributed by atoms with van der Waals surface area (Å²) >= 11 is 1.25. The molecule has 0 fully saturated rings. The predicted molar refractivity (Wildman–Crippen MR) is 99.0 cm³/mol. The summed E-state index contributed by atoms with van der Waals surface area (Å²) in [6, 6.07) is 6.32. The van der Waals surface area contributed by atoms with Gasteiger partial charge >= 0.3 is 0 Å². The molecule has 6 nitrogen and oxygen atoms in total. The molecule has 0 bridgehead atoms. The number of benzene rings is 1. The van der Waals surface area contributed by atoms with Gasteiger partial charge in [-0.05, 0) is 38.5 Å². The SMILES string of the molecule is CNC(=O)c1c(NC(=O)CS(=O)(=O)c2ccc(C)cc2)sc(C)c1C. The summed E-state index contributed by atoms with van der Waals surface area (Å²) in [5, 5.41) is 5.45. The van der Waals surface area contributed by atoms with Crippen LogP contribution in [0.25, 0.3) is 0 Å². The zero-order chi connectivity index (χ0) is 18.8. The fourth-order valence-corrected chi connectivity index (χ4v) is 4.49. The molecule has 1 aromatic carbocycles. The standard InChI is InChI=1S/C17H20N2O4S2/c1-10-5-7-13(8-6-10)25(22,23)9-14(20)19-17-15(16(21)18-4)11(2)12(3)24-17/h5-8H,9H2,1-4H3,(H,18,21)(H,19,20). The van der Waals surface area contributed by atoms with Crippen LogP contribution < -0.4 is 10.6 Å². The van der Waals surface area contributed by atoms with Crippen molar-refractivity contribution >= 4 is 38.0 Å². The van der Waals surface area contributed by atoms with Crippen LogP contribution in [0.15, 0.2) is 29.2 Å². The molecule has 2 N–H and O–H groups in total. The first-order valence-corrected chi connectivity index (χ1v) is 10.0. The van der Waals surface area contributed by atoms with Crippen LogP contribution in [0, 0.1) is 20.8 Å². The highest BCUT2D eigenvalue weighted by molar-refractivity contribution is 7.92. The second-order valence-corrected chi connectivity index (χ2v) is 8.90. The average molecular weight is 380 g/mol. The predicted octanol–water partition coefficient (Wildman–Crippen LogP) is 2.45. The highest BCUT2D eigenvalue weighted by atomic mass is 32.2. The lowest BCUT2D eigenvalue weighted by atomic mass is 10.1. The zero-order valence-corrected chi connectivity index (χ0v) is 16.1. The number of nitrogens with one attached hydrogen (secondary N) is 2. The summed E-state index contributed by atoms with van der Waals surface area (Å²) in [7, 11) is -2.24. The number of hydrogen-bond donors (Lipinski definition) is 2. The lowest BCUT2D eigenvalue weighted by Crippen LogP contribution is -2.25. The minimum Gasteiger partial charge on any atom is -0.355 e. The maximum Gasteiger partial charge on any atom is 0.254 e. The van der Waals surface area contributed by atoms with Crippen molar-refractivity contribution in [1.82, 2.24) is 5.32 Å². The summed E-state index contributed by atoms with van der Waals surface area (Å²) in [6.07, 6.45) is 0. The Morgan fingerprint density at radius 1 is 1.08 bits per heavy atom. The van der Waals surface area contributed by atoms with Gasteiger partial charge in [-0.15, -0.1) is 11.3 Å². The second kappa shape index (κ2) is 7.37. The third-order valence-electron chi connectivity index (χ3n) is 3.79. The van der Waals surface area contributed by atoms with E-state index in [1.54, 1.807) is 19.1 Å². The molecule has 0 saturated heterocycles. The number of carbonyl (C=O) groups is 2. The Labute approximate surface area is 151 Å². The van der Waals surface area contributed by atoms with Crippen molar-refractivity contribution in [2.45, 2.75) is 25.7 Å². The fraction of sp³-hybridized carbons (Fsp3) is 0.294. The van der Waals surface area contributed by atoms with Gasteiger partial charge in [0, 0.05) is 11.9 Å². The van der Waals surface area contributed by atoms with Gasteiger partial charge in [-0.3, -0.25) is 9.59 Å². The van der Waals surface area contributed by atoms with Crippen molar-refractivity contribution in [2.24, 2.45) is 0 Å². The van der Waals surface area contributed by atoms with Crippen molar-refractivity contribution in [2.75, 3.05) is 18.1 Å². The Balaban J connectivity index is 2.22. The van der Waals surface area contributed by atoms with Crippen LogP contribution in [0.4, 0.5) is 5.00 Å². The van der Waals surface area contributed by atoms with Gasteiger partial charge < -0.3 is 10.6 Å². The number of rotatable bonds is 5. The third-order valence-corrected chi connectivity index (χ3v) is 6.55. The quantitative estimate of drug-likeness (QED) is 0.833. The molecule has 0 atom stereocenters.